The quantitative estimate of drug-likeness (QED) is 0.776. The van der Waals surface area contributed by atoms with Crippen LogP contribution in [0.5, 0.6) is 0 Å². The van der Waals surface area contributed by atoms with Gasteiger partial charge in [-0.2, -0.15) is 0 Å². The van der Waals surface area contributed by atoms with Gasteiger partial charge in [0.05, 0.1) is 0 Å². The summed E-state index contributed by atoms with van der Waals surface area (Å²) in [6.07, 6.45) is 8.02. The van der Waals surface area contributed by atoms with Crippen LogP contribution in [0, 0.1) is 5.41 Å². The summed E-state index contributed by atoms with van der Waals surface area (Å²) < 4.78 is 0. The Morgan fingerprint density at radius 2 is 1.68 bits per heavy atom. The molecular weight excluding hydrogens is 346 g/mol. The van der Waals surface area contributed by atoms with E-state index in [4.69, 9.17) is 0 Å². The average Bonchev–Trinajstić information content (AvgIpc) is 2.76. The molecule has 4 heteroatoms. The molecule has 4 nitrogen and oxygen atoms in total. The largest absolute Gasteiger partial charge is 0.335 e. The number of carbonyl (C=O) groups excluding carboxylic acids is 1. The number of nitrogens with one attached hydrogen (secondary N) is 1. The second-order valence-electron chi connectivity index (χ2n) is 8.35. The summed E-state index contributed by atoms with van der Waals surface area (Å²) >= 11 is 0. The molecule has 0 spiro atoms. The third-order valence-corrected chi connectivity index (χ3v) is 6.69. The number of amides is 2. The summed E-state index contributed by atoms with van der Waals surface area (Å²) in [5.41, 5.74) is 1.84. The van der Waals surface area contributed by atoms with Gasteiger partial charge in [0.25, 0.3) is 0 Å². The first-order valence-electron chi connectivity index (χ1n) is 11.4. The lowest BCUT2D eigenvalue weighted by Gasteiger charge is -2.42. The van der Waals surface area contributed by atoms with E-state index in [0.29, 0.717) is 11.5 Å². The Labute approximate surface area is 172 Å². The third kappa shape index (κ3) is 6.51. The van der Waals surface area contributed by atoms with Crippen LogP contribution in [0.25, 0.3) is 0 Å². The molecule has 158 valence electrons. The maximum absolute atomic E-state index is 12.6. The van der Waals surface area contributed by atoms with Gasteiger partial charge >= 0.3 is 6.03 Å². The molecule has 2 amide bonds. The van der Waals surface area contributed by atoms with Crippen LogP contribution >= 0.6 is 0 Å². The monoisotopic (exact) mass is 387 g/mol. The van der Waals surface area contributed by atoms with Crippen LogP contribution in [0.4, 0.5) is 4.79 Å². The van der Waals surface area contributed by atoms with Gasteiger partial charge in [0.2, 0.25) is 0 Å². The van der Waals surface area contributed by atoms with E-state index < -0.39 is 0 Å². The van der Waals surface area contributed by atoms with Crippen molar-refractivity contribution < 1.29 is 4.79 Å². The molecule has 0 radical (unpaired) electrons. The number of nitrogens with zero attached hydrogens (tertiary/aromatic N) is 2. The number of likely N-dealkylation sites (tertiary alicyclic amines) is 2. The minimum Gasteiger partial charge on any atom is -0.335 e. The lowest BCUT2D eigenvalue weighted by atomic mass is 9.72. The Balaban J connectivity index is 0.00000136. The summed E-state index contributed by atoms with van der Waals surface area (Å²) in [5.74, 6) is 0. The predicted octanol–water partition coefficient (Wildman–Crippen LogP) is 4.94. The highest BCUT2D eigenvalue weighted by Gasteiger charge is 2.34. The highest BCUT2D eigenvalue weighted by Crippen LogP contribution is 2.39. The standard InChI is InChI=1S/C22H35N3O.C2H6/c1-3-22(12-9-19-7-5-4-6-8-19)13-17-25(18-14-22)21(26)23-20-10-15-24(2)16-11-20;1-2/h4-8,20H,3,9-18H2,1-2H3,(H,23,26);1-2H3. The fourth-order valence-corrected chi connectivity index (χ4v) is 4.44. The molecule has 0 atom stereocenters. The van der Waals surface area contributed by atoms with Crippen molar-refractivity contribution in [1.29, 1.82) is 0 Å². The van der Waals surface area contributed by atoms with E-state index in [1.807, 2.05) is 13.8 Å². The summed E-state index contributed by atoms with van der Waals surface area (Å²) in [4.78, 5) is 17.0. The molecule has 0 unspecified atom stereocenters. The number of urea groups is 1. The molecule has 0 aromatic heterocycles. The molecule has 0 saturated carbocycles. The van der Waals surface area contributed by atoms with Gasteiger partial charge in [-0.25, -0.2) is 4.79 Å². The molecule has 1 aromatic rings. The third-order valence-electron chi connectivity index (χ3n) is 6.69. The van der Waals surface area contributed by atoms with Crippen molar-refractivity contribution in [3.8, 4) is 0 Å². The van der Waals surface area contributed by atoms with E-state index in [-0.39, 0.29) is 6.03 Å². The van der Waals surface area contributed by atoms with Crippen LogP contribution in [0.1, 0.15) is 64.9 Å². The van der Waals surface area contributed by atoms with Gasteiger partial charge in [-0.15, -0.1) is 0 Å². The van der Waals surface area contributed by atoms with Crippen LogP contribution in [0.3, 0.4) is 0 Å². The number of hydrogen-bond donors (Lipinski definition) is 1. The molecule has 1 N–H and O–H groups in total. The minimum absolute atomic E-state index is 0.160. The van der Waals surface area contributed by atoms with Crippen molar-refractivity contribution in [2.75, 3.05) is 33.2 Å². The Morgan fingerprint density at radius 1 is 1.07 bits per heavy atom. The van der Waals surface area contributed by atoms with Gasteiger partial charge in [0.1, 0.15) is 0 Å². The summed E-state index contributed by atoms with van der Waals surface area (Å²) in [6, 6.07) is 11.3. The number of hydrogen-bond acceptors (Lipinski definition) is 2. The lowest BCUT2D eigenvalue weighted by molar-refractivity contribution is 0.102. The number of rotatable bonds is 5. The van der Waals surface area contributed by atoms with Crippen molar-refractivity contribution in [1.82, 2.24) is 15.1 Å². The molecule has 2 fully saturated rings. The summed E-state index contributed by atoms with van der Waals surface area (Å²) in [5, 5.41) is 3.27. The van der Waals surface area contributed by atoms with Crippen molar-refractivity contribution in [3.05, 3.63) is 35.9 Å². The van der Waals surface area contributed by atoms with E-state index >= 15 is 0 Å². The summed E-state index contributed by atoms with van der Waals surface area (Å²) in [6.45, 7) is 10.3. The highest BCUT2D eigenvalue weighted by molar-refractivity contribution is 5.74. The molecule has 2 saturated heterocycles. The zero-order valence-corrected chi connectivity index (χ0v) is 18.5. The van der Waals surface area contributed by atoms with E-state index in [1.165, 1.54) is 18.4 Å². The van der Waals surface area contributed by atoms with Crippen LogP contribution in [-0.2, 0) is 6.42 Å². The van der Waals surface area contributed by atoms with Crippen molar-refractivity contribution >= 4 is 6.03 Å². The van der Waals surface area contributed by atoms with Gasteiger partial charge in [0, 0.05) is 19.1 Å². The molecule has 1 aromatic carbocycles. The zero-order valence-electron chi connectivity index (χ0n) is 18.5. The maximum Gasteiger partial charge on any atom is 0.317 e. The van der Waals surface area contributed by atoms with E-state index in [1.54, 1.807) is 0 Å². The van der Waals surface area contributed by atoms with Gasteiger partial charge in [-0.3, -0.25) is 0 Å². The molecule has 0 aliphatic carbocycles. The fourth-order valence-electron chi connectivity index (χ4n) is 4.44. The topological polar surface area (TPSA) is 35.6 Å². The second kappa shape index (κ2) is 11.5. The van der Waals surface area contributed by atoms with E-state index in [9.17, 15) is 4.79 Å². The molecule has 3 rings (SSSR count). The normalized spacial score (nSPS) is 20.2. The lowest BCUT2D eigenvalue weighted by Crippen LogP contribution is -2.51. The van der Waals surface area contributed by atoms with Crippen molar-refractivity contribution in [2.24, 2.45) is 5.41 Å². The maximum atomic E-state index is 12.6. The molecule has 2 aliphatic heterocycles. The number of aryl methyl sites for hydroxylation is 1. The Morgan fingerprint density at radius 3 is 2.25 bits per heavy atom. The van der Waals surface area contributed by atoms with Crippen LogP contribution in [0.15, 0.2) is 30.3 Å². The van der Waals surface area contributed by atoms with E-state index in [0.717, 1.165) is 58.3 Å². The Bertz CT molecular complexity index is 558. The first-order valence-corrected chi connectivity index (χ1v) is 11.4. The summed E-state index contributed by atoms with van der Waals surface area (Å²) in [7, 11) is 2.16. The second-order valence-corrected chi connectivity index (χ2v) is 8.35. The zero-order chi connectivity index (χ0) is 20.4. The molecule has 2 heterocycles. The molecule has 0 bridgehead atoms. The van der Waals surface area contributed by atoms with Gasteiger partial charge in [-0.1, -0.05) is 57.5 Å². The molecular formula is C24H41N3O. The predicted molar refractivity (Wildman–Crippen MR) is 119 cm³/mol. The van der Waals surface area contributed by atoms with Crippen molar-refractivity contribution in [2.45, 2.75) is 71.8 Å². The fraction of sp³-hybridized carbons (Fsp3) is 0.708. The number of carbonyl (C=O) groups is 1. The minimum atomic E-state index is 0.160. The van der Waals surface area contributed by atoms with Crippen LogP contribution in [0.2, 0.25) is 0 Å². The SMILES string of the molecule is CC.CCC1(CCc2ccccc2)CCN(C(=O)NC2CCN(C)CC2)CC1. The van der Waals surface area contributed by atoms with Crippen LogP contribution in [-0.4, -0.2) is 55.1 Å². The average molecular weight is 388 g/mol. The smallest absolute Gasteiger partial charge is 0.317 e. The molecule has 28 heavy (non-hydrogen) atoms. The van der Waals surface area contributed by atoms with Crippen molar-refractivity contribution in [3.63, 3.8) is 0 Å². The first kappa shape index (κ1) is 22.7. The highest BCUT2D eigenvalue weighted by atomic mass is 16.2. The van der Waals surface area contributed by atoms with Gasteiger partial charge < -0.3 is 15.1 Å². The molecule has 2 aliphatic rings. The van der Waals surface area contributed by atoms with Crippen LogP contribution < -0.4 is 5.32 Å². The van der Waals surface area contributed by atoms with Gasteiger partial charge in [-0.05, 0) is 69.6 Å². The number of benzene rings is 1. The Hall–Kier alpha value is -1.55. The van der Waals surface area contributed by atoms with Gasteiger partial charge in [0.15, 0.2) is 0 Å². The first-order chi connectivity index (χ1) is 13.6. The van der Waals surface area contributed by atoms with E-state index in [2.05, 4.69) is 59.4 Å². The Kier molecular flexibility index (Phi) is 9.30. The number of piperidine rings is 2.